The van der Waals surface area contributed by atoms with Crippen molar-refractivity contribution in [1.29, 1.82) is 0 Å². The van der Waals surface area contributed by atoms with Gasteiger partial charge in [0.2, 0.25) is 5.91 Å². The summed E-state index contributed by atoms with van der Waals surface area (Å²) in [6.07, 6.45) is 1.71. The van der Waals surface area contributed by atoms with Gasteiger partial charge in [-0.3, -0.25) is 9.59 Å². The van der Waals surface area contributed by atoms with Crippen molar-refractivity contribution in [1.82, 2.24) is 4.57 Å². The minimum Gasteiger partial charge on any atom is -0.368 e. The number of nitrogens with two attached hydrogens (primary N) is 1. The van der Waals surface area contributed by atoms with Crippen molar-refractivity contribution in [3.63, 3.8) is 0 Å². The molecule has 2 aromatic carbocycles. The van der Waals surface area contributed by atoms with E-state index in [0.29, 0.717) is 10.9 Å². The van der Waals surface area contributed by atoms with Gasteiger partial charge in [-0.25, -0.2) is 0 Å². The van der Waals surface area contributed by atoms with Crippen molar-refractivity contribution in [3.8, 4) is 11.1 Å². The SMILES string of the molecule is Cc1cccc2c1c(=O)c(-c1ccccc1)cn2CC(N)=O. The highest BCUT2D eigenvalue weighted by molar-refractivity contribution is 5.88. The highest BCUT2D eigenvalue weighted by Gasteiger charge is 2.13. The summed E-state index contributed by atoms with van der Waals surface area (Å²) in [5, 5.41) is 0.630. The molecule has 0 aliphatic rings. The van der Waals surface area contributed by atoms with Gasteiger partial charge in [0.05, 0.1) is 5.52 Å². The molecular formula is C18H16N2O2. The summed E-state index contributed by atoms with van der Waals surface area (Å²) in [5.74, 6) is -0.439. The van der Waals surface area contributed by atoms with Gasteiger partial charge in [0.15, 0.2) is 5.43 Å². The summed E-state index contributed by atoms with van der Waals surface area (Å²) >= 11 is 0. The Morgan fingerprint density at radius 2 is 1.82 bits per heavy atom. The quantitative estimate of drug-likeness (QED) is 0.806. The van der Waals surface area contributed by atoms with Crippen molar-refractivity contribution < 1.29 is 4.79 Å². The van der Waals surface area contributed by atoms with E-state index in [1.54, 1.807) is 10.8 Å². The zero-order chi connectivity index (χ0) is 15.7. The van der Waals surface area contributed by atoms with Crippen LogP contribution in [0.1, 0.15) is 5.56 Å². The lowest BCUT2D eigenvalue weighted by molar-refractivity contribution is -0.118. The Labute approximate surface area is 127 Å². The van der Waals surface area contributed by atoms with Crippen LogP contribution in [0, 0.1) is 6.92 Å². The molecule has 0 saturated heterocycles. The molecule has 3 aromatic rings. The van der Waals surface area contributed by atoms with Crippen molar-refractivity contribution in [2.75, 3.05) is 0 Å². The van der Waals surface area contributed by atoms with Crippen molar-refractivity contribution >= 4 is 16.8 Å². The Morgan fingerprint density at radius 3 is 2.50 bits per heavy atom. The Kier molecular flexibility index (Phi) is 3.51. The first-order valence-corrected chi connectivity index (χ1v) is 7.04. The van der Waals surface area contributed by atoms with Crippen molar-refractivity contribution in [2.24, 2.45) is 5.73 Å². The fourth-order valence-electron chi connectivity index (χ4n) is 2.73. The summed E-state index contributed by atoms with van der Waals surface area (Å²) < 4.78 is 1.74. The Morgan fingerprint density at radius 1 is 1.09 bits per heavy atom. The molecule has 0 spiro atoms. The van der Waals surface area contributed by atoms with Crippen molar-refractivity contribution in [2.45, 2.75) is 13.5 Å². The van der Waals surface area contributed by atoms with E-state index in [0.717, 1.165) is 16.6 Å². The third-order valence-electron chi connectivity index (χ3n) is 3.73. The van der Waals surface area contributed by atoms with Gasteiger partial charge in [-0.15, -0.1) is 0 Å². The number of primary amides is 1. The van der Waals surface area contributed by atoms with Gasteiger partial charge in [-0.1, -0.05) is 42.5 Å². The molecule has 0 radical (unpaired) electrons. The van der Waals surface area contributed by atoms with Crippen LogP contribution in [0.3, 0.4) is 0 Å². The van der Waals surface area contributed by atoms with Gasteiger partial charge >= 0.3 is 0 Å². The van der Waals surface area contributed by atoms with Gasteiger partial charge in [0, 0.05) is 17.1 Å². The molecule has 0 atom stereocenters. The number of aromatic nitrogens is 1. The zero-order valence-corrected chi connectivity index (χ0v) is 12.2. The number of pyridine rings is 1. The maximum atomic E-state index is 12.9. The maximum Gasteiger partial charge on any atom is 0.237 e. The predicted octanol–water partition coefficient (Wildman–Crippen LogP) is 2.46. The molecule has 0 saturated carbocycles. The summed E-state index contributed by atoms with van der Waals surface area (Å²) in [6.45, 7) is 1.94. The first-order valence-electron chi connectivity index (χ1n) is 7.04. The number of carbonyl (C=O) groups is 1. The van der Waals surface area contributed by atoms with Crippen LogP contribution in [0.2, 0.25) is 0 Å². The minimum absolute atomic E-state index is 0.0278. The van der Waals surface area contributed by atoms with E-state index >= 15 is 0 Å². The van der Waals surface area contributed by atoms with Crippen molar-refractivity contribution in [3.05, 3.63) is 70.5 Å². The van der Waals surface area contributed by atoms with Crippen LogP contribution in [0.4, 0.5) is 0 Å². The standard InChI is InChI=1S/C18H16N2O2/c1-12-6-5-9-15-17(12)18(22)14(10-20(15)11-16(19)21)13-7-3-2-4-8-13/h2-10H,11H2,1H3,(H2,19,21). The molecule has 2 N–H and O–H groups in total. The molecule has 1 heterocycles. The monoisotopic (exact) mass is 292 g/mol. The Balaban J connectivity index is 2.39. The summed E-state index contributed by atoms with van der Waals surface area (Å²) in [4.78, 5) is 24.2. The van der Waals surface area contributed by atoms with Crippen LogP contribution in [0.25, 0.3) is 22.0 Å². The molecule has 110 valence electrons. The van der Waals surface area contributed by atoms with E-state index in [4.69, 9.17) is 5.73 Å². The molecular weight excluding hydrogens is 276 g/mol. The summed E-state index contributed by atoms with van der Waals surface area (Å²) in [7, 11) is 0. The number of hydrogen-bond donors (Lipinski definition) is 1. The fourth-order valence-corrected chi connectivity index (χ4v) is 2.73. The lowest BCUT2D eigenvalue weighted by Gasteiger charge is -2.13. The summed E-state index contributed by atoms with van der Waals surface area (Å²) in [5.41, 5.74) is 8.33. The normalized spacial score (nSPS) is 10.8. The number of carbonyl (C=O) groups excluding carboxylic acids is 1. The number of rotatable bonds is 3. The highest BCUT2D eigenvalue weighted by atomic mass is 16.1. The van der Waals surface area contributed by atoms with E-state index in [9.17, 15) is 9.59 Å². The second-order valence-corrected chi connectivity index (χ2v) is 5.30. The van der Waals surface area contributed by atoms with Gasteiger partial charge < -0.3 is 10.3 Å². The van der Waals surface area contributed by atoms with Gasteiger partial charge in [0.1, 0.15) is 6.54 Å². The smallest absolute Gasteiger partial charge is 0.237 e. The minimum atomic E-state index is -0.439. The average molecular weight is 292 g/mol. The van der Waals surface area contributed by atoms with E-state index in [1.807, 2.05) is 55.5 Å². The number of aryl methyl sites for hydroxylation is 1. The molecule has 0 bridgehead atoms. The average Bonchev–Trinajstić information content (AvgIpc) is 2.50. The molecule has 0 fully saturated rings. The van der Waals surface area contributed by atoms with Crippen LogP contribution in [-0.2, 0) is 11.3 Å². The van der Waals surface area contributed by atoms with E-state index in [2.05, 4.69) is 0 Å². The largest absolute Gasteiger partial charge is 0.368 e. The fraction of sp³-hybridized carbons (Fsp3) is 0.111. The predicted molar refractivity (Wildman–Crippen MR) is 87.6 cm³/mol. The van der Waals surface area contributed by atoms with Crippen LogP contribution in [0.5, 0.6) is 0 Å². The third-order valence-corrected chi connectivity index (χ3v) is 3.73. The van der Waals surface area contributed by atoms with Gasteiger partial charge in [-0.05, 0) is 24.1 Å². The first kappa shape index (κ1) is 14.1. The van der Waals surface area contributed by atoms with Gasteiger partial charge in [0.25, 0.3) is 0 Å². The molecule has 4 heteroatoms. The Hall–Kier alpha value is -2.88. The molecule has 3 rings (SSSR count). The van der Waals surface area contributed by atoms with Crippen LogP contribution in [0.15, 0.2) is 59.5 Å². The molecule has 0 aliphatic heterocycles. The van der Waals surface area contributed by atoms with Crippen LogP contribution >= 0.6 is 0 Å². The molecule has 1 aromatic heterocycles. The van der Waals surface area contributed by atoms with E-state index in [-0.39, 0.29) is 12.0 Å². The topological polar surface area (TPSA) is 65.1 Å². The molecule has 4 nitrogen and oxygen atoms in total. The van der Waals surface area contributed by atoms with E-state index in [1.165, 1.54) is 0 Å². The number of nitrogens with zero attached hydrogens (tertiary/aromatic N) is 1. The second kappa shape index (κ2) is 5.48. The number of amides is 1. The number of benzene rings is 2. The third kappa shape index (κ3) is 2.39. The second-order valence-electron chi connectivity index (χ2n) is 5.30. The zero-order valence-electron chi connectivity index (χ0n) is 12.2. The number of hydrogen-bond acceptors (Lipinski definition) is 2. The van der Waals surface area contributed by atoms with Crippen LogP contribution in [-0.4, -0.2) is 10.5 Å². The molecule has 0 aliphatic carbocycles. The number of fused-ring (bicyclic) bond motifs is 1. The first-order chi connectivity index (χ1) is 10.6. The maximum absolute atomic E-state index is 12.9. The lowest BCUT2D eigenvalue weighted by atomic mass is 10.0. The molecule has 1 amide bonds. The lowest BCUT2D eigenvalue weighted by Crippen LogP contribution is -2.21. The molecule has 0 unspecified atom stereocenters. The summed E-state index contributed by atoms with van der Waals surface area (Å²) in [6, 6.07) is 15.0. The molecule has 22 heavy (non-hydrogen) atoms. The van der Waals surface area contributed by atoms with Gasteiger partial charge in [-0.2, -0.15) is 0 Å². The van der Waals surface area contributed by atoms with E-state index < -0.39 is 5.91 Å². The van der Waals surface area contributed by atoms with Crippen LogP contribution < -0.4 is 11.2 Å². The highest BCUT2D eigenvalue weighted by Crippen LogP contribution is 2.21. The Bertz CT molecular complexity index is 912.